The first-order valence-corrected chi connectivity index (χ1v) is 7.60. The molecule has 1 heterocycles. The standard InChI is InChI=1S/C12H14N4O3S/c1-7-10(13)11(16-15-7)12(17)14-8-4-3-5-9(6-8)20(2,18)19/h3-6H,13H2,1-2H3,(H,14,17)(H,15,16). The van der Waals surface area contributed by atoms with Crippen LogP contribution in [0.3, 0.4) is 0 Å². The zero-order valence-electron chi connectivity index (χ0n) is 11.0. The third-order valence-electron chi connectivity index (χ3n) is 2.73. The highest BCUT2D eigenvalue weighted by atomic mass is 32.2. The number of amides is 1. The lowest BCUT2D eigenvalue weighted by Crippen LogP contribution is -2.14. The van der Waals surface area contributed by atoms with Crippen molar-refractivity contribution in [2.24, 2.45) is 0 Å². The van der Waals surface area contributed by atoms with Crippen LogP contribution >= 0.6 is 0 Å². The summed E-state index contributed by atoms with van der Waals surface area (Å²) in [6.07, 6.45) is 1.10. The molecule has 0 aliphatic carbocycles. The van der Waals surface area contributed by atoms with Gasteiger partial charge >= 0.3 is 0 Å². The van der Waals surface area contributed by atoms with Gasteiger partial charge in [-0.15, -0.1) is 0 Å². The molecule has 1 amide bonds. The minimum atomic E-state index is -3.33. The number of carbonyl (C=O) groups is 1. The summed E-state index contributed by atoms with van der Waals surface area (Å²) in [5.41, 5.74) is 7.00. The Labute approximate surface area is 116 Å². The maximum absolute atomic E-state index is 12.0. The van der Waals surface area contributed by atoms with Crippen molar-refractivity contribution in [3.8, 4) is 0 Å². The SMILES string of the molecule is Cc1[nH]nc(C(=O)Nc2cccc(S(C)(=O)=O)c2)c1N. The van der Waals surface area contributed by atoms with Crippen molar-refractivity contribution in [1.29, 1.82) is 0 Å². The van der Waals surface area contributed by atoms with Crippen molar-refractivity contribution in [3.63, 3.8) is 0 Å². The van der Waals surface area contributed by atoms with Crippen molar-refractivity contribution in [1.82, 2.24) is 10.2 Å². The zero-order valence-corrected chi connectivity index (χ0v) is 11.8. The van der Waals surface area contributed by atoms with Crippen LogP contribution in [0.15, 0.2) is 29.2 Å². The second kappa shape index (κ2) is 4.97. The first kappa shape index (κ1) is 14.1. The van der Waals surface area contributed by atoms with Crippen molar-refractivity contribution >= 4 is 27.1 Å². The van der Waals surface area contributed by atoms with E-state index in [1.54, 1.807) is 19.1 Å². The molecular weight excluding hydrogens is 280 g/mol. The highest BCUT2D eigenvalue weighted by molar-refractivity contribution is 7.90. The van der Waals surface area contributed by atoms with Crippen LogP contribution in [0.25, 0.3) is 0 Å². The maximum atomic E-state index is 12.0. The third kappa shape index (κ3) is 2.80. The second-order valence-electron chi connectivity index (χ2n) is 4.37. The number of nitrogen functional groups attached to an aromatic ring is 1. The number of aromatic nitrogens is 2. The molecule has 7 nitrogen and oxygen atoms in total. The molecule has 0 saturated heterocycles. The number of carbonyl (C=O) groups excluding carboxylic acids is 1. The minimum absolute atomic E-state index is 0.0762. The van der Waals surface area contributed by atoms with Gasteiger partial charge in [-0.25, -0.2) is 8.42 Å². The molecule has 0 atom stereocenters. The van der Waals surface area contributed by atoms with E-state index >= 15 is 0 Å². The smallest absolute Gasteiger partial charge is 0.278 e. The Balaban J connectivity index is 2.27. The van der Waals surface area contributed by atoms with Crippen molar-refractivity contribution < 1.29 is 13.2 Å². The summed E-state index contributed by atoms with van der Waals surface area (Å²) in [5.74, 6) is -0.502. The van der Waals surface area contributed by atoms with Crippen LogP contribution in [0.1, 0.15) is 16.2 Å². The second-order valence-corrected chi connectivity index (χ2v) is 6.38. The number of hydrogen-bond acceptors (Lipinski definition) is 5. The molecule has 1 aromatic heterocycles. The van der Waals surface area contributed by atoms with Gasteiger partial charge in [0, 0.05) is 11.9 Å². The van der Waals surface area contributed by atoms with Crippen molar-refractivity contribution in [3.05, 3.63) is 35.7 Å². The van der Waals surface area contributed by atoms with Crippen LogP contribution in [0.2, 0.25) is 0 Å². The Bertz CT molecular complexity index is 765. The lowest BCUT2D eigenvalue weighted by atomic mass is 10.2. The fourth-order valence-corrected chi connectivity index (χ4v) is 2.27. The first-order chi connectivity index (χ1) is 9.29. The van der Waals surface area contributed by atoms with Gasteiger partial charge in [-0.1, -0.05) is 6.07 Å². The van der Waals surface area contributed by atoms with Crippen LogP contribution in [0.4, 0.5) is 11.4 Å². The number of nitrogens with zero attached hydrogens (tertiary/aromatic N) is 1. The number of aromatic amines is 1. The average molecular weight is 294 g/mol. The number of rotatable bonds is 3. The molecule has 2 aromatic rings. The molecule has 0 fully saturated rings. The van der Waals surface area contributed by atoms with Crippen LogP contribution < -0.4 is 11.1 Å². The number of nitrogens with two attached hydrogens (primary N) is 1. The lowest BCUT2D eigenvalue weighted by molar-refractivity contribution is 0.102. The molecule has 0 aliphatic heterocycles. The van der Waals surface area contributed by atoms with E-state index in [0.29, 0.717) is 11.4 Å². The lowest BCUT2D eigenvalue weighted by Gasteiger charge is -2.05. The topological polar surface area (TPSA) is 118 Å². The maximum Gasteiger partial charge on any atom is 0.278 e. The Hall–Kier alpha value is -2.35. The van der Waals surface area contributed by atoms with Gasteiger partial charge in [-0.05, 0) is 25.1 Å². The van der Waals surface area contributed by atoms with Gasteiger partial charge < -0.3 is 11.1 Å². The fraction of sp³-hybridized carbons (Fsp3) is 0.167. The summed E-state index contributed by atoms with van der Waals surface area (Å²) < 4.78 is 22.9. The highest BCUT2D eigenvalue weighted by Gasteiger charge is 2.16. The molecule has 0 saturated carbocycles. The van der Waals surface area contributed by atoms with E-state index in [1.807, 2.05) is 0 Å². The Morgan fingerprint density at radius 3 is 2.65 bits per heavy atom. The summed E-state index contributed by atoms with van der Waals surface area (Å²) in [5, 5.41) is 8.97. The van der Waals surface area contributed by atoms with Crippen LogP contribution in [0, 0.1) is 6.92 Å². The Morgan fingerprint density at radius 1 is 1.40 bits per heavy atom. The number of aryl methyl sites for hydroxylation is 1. The van der Waals surface area contributed by atoms with Gasteiger partial charge in [-0.2, -0.15) is 5.10 Å². The Kier molecular flexibility index (Phi) is 3.49. The number of benzene rings is 1. The summed E-state index contributed by atoms with van der Waals surface area (Å²) in [4.78, 5) is 12.1. The van der Waals surface area contributed by atoms with Gasteiger partial charge in [-0.3, -0.25) is 9.89 Å². The average Bonchev–Trinajstić information content (AvgIpc) is 2.69. The predicted molar refractivity (Wildman–Crippen MR) is 75.2 cm³/mol. The quantitative estimate of drug-likeness (QED) is 0.779. The first-order valence-electron chi connectivity index (χ1n) is 5.71. The van der Waals surface area contributed by atoms with E-state index in [2.05, 4.69) is 15.5 Å². The summed E-state index contributed by atoms with van der Waals surface area (Å²) in [6, 6.07) is 5.97. The van der Waals surface area contributed by atoms with Gasteiger partial charge in [0.05, 0.1) is 16.3 Å². The molecule has 0 unspecified atom stereocenters. The number of hydrogen-bond donors (Lipinski definition) is 3. The van der Waals surface area contributed by atoms with Crippen molar-refractivity contribution in [2.75, 3.05) is 17.3 Å². The van der Waals surface area contributed by atoms with E-state index in [4.69, 9.17) is 5.73 Å². The Morgan fingerprint density at radius 2 is 2.10 bits per heavy atom. The molecule has 106 valence electrons. The van der Waals surface area contributed by atoms with Crippen LogP contribution in [0.5, 0.6) is 0 Å². The van der Waals surface area contributed by atoms with Gasteiger partial charge in [0.25, 0.3) is 5.91 Å². The van der Waals surface area contributed by atoms with Crippen molar-refractivity contribution in [2.45, 2.75) is 11.8 Å². The summed E-state index contributed by atoms with van der Waals surface area (Å²) >= 11 is 0. The summed E-state index contributed by atoms with van der Waals surface area (Å²) in [7, 11) is -3.33. The van der Waals surface area contributed by atoms with E-state index in [9.17, 15) is 13.2 Å². The van der Waals surface area contributed by atoms with E-state index in [-0.39, 0.29) is 16.3 Å². The highest BCUT2D eigenvalue weighted by Crippen LogP contribution is 2.18. The molecule has 2 rings (SSSR count). The summed E-state index contributed by atoms with van der Waals surface area (Å²) in [6.45, 7) is 1.70. The van der Waals surface area contributed by atoms with E-state index < -0.39 is 15.7 Å². The molecule has 0 spiro atoms. The molecule has 0 radical (unpaired) electrons. The van der Waals surface area contributed by atoms with Crippen LogP contribution in [-0.4, -0.2) is 30.8 Å². The molecule has 0 bridgehead atoms. The molecular formula is C12H14N4O3S. The largest absolute Gasteiger partial charge is 0.395 e. The normalized spacial score (nSPS) is 11.3. The van der Waals surface area contributed by atoms with E-state index in [0.717, 1.165) is 6.26 Å². The van der Waals surface area contributed by atoms with E-state index in [1.165, 1.54) is 12.1 Å². The van der Waals surface area contributed by atoms with Crippen LogP contribution in [-0.2, 0) is 9.84 Å². The predicted octanol–water partition coefficient (Wildman–Crippen LogP) is 0.956. The zero-order chi connectivity index (χ0) is 14.9. The fourth-order valence-electron chi connectivity index (χ4n) is 1.61. The molecule has 20 heavy (non-hydrogen) atoms. The number of nitrogens with one attached hydrogen (secondary N) is 2. The number of anilines is 2. The molecule has 4 N–H and O–H groups in total. The minimum Gasteiger partial charge on any atom is -0.395 e. The van der Waals surface area contributed by atoms with Gasteiger partial charge in [0.2, 0.25) is 0 Å². The number of sulfone groups is 1. The number of H-pyrrole nitrogens is 1. The third-order valence-corrected chi connectivity index (χ3v) is 3.84. The molecule has 0 aliphatic rings. The monoisotopic (exact) mass is 294 g/mol. The van der Waals surface area contributed by atoms with Gasteiger partial charge in [0.15, 0.2) is 15.5 Å². The molecule has 1 aromatic carbocycles. The van der Waals surface area contributed by atoms with Gasteiger partial charge in [0.1, 0.15) is 0 Å². The molecule has 8 heteroatoms.